The number of rotatable bonds is 3. The van der Waals surface area contributed by atoms with Crippen LogP contribution in [0.25, 0.3) is 0 Å². The number of halogens is 1. The minimum Gasteiger partial charge on any atom is -0.316 e. The van der Waals surface area contributed by atoms with Gasteiger partial charge in [0, 0.05) is 11.6 Å². The third-order valence-corrected chi connectivity index (χ3v) is 3.86. The smallest absolute Gasteiger partial charge is 0.162 e. The Balaban J connectivity index is 1.93. The fourth-order valence-corrected chi connectivity index (χ4v) is 2.83. The molecule has 1 fully saturated rings. The van der Waals surface area contributed by atoms with Crippen molar-refractivity contribution < 1.29 is 0 Å². The molecular formula is C13H16ClN5. The summed E-state index contributed by atoms with van der Waals surface area (Å²) in [5.41, 5.74) is 1.18. The Morgan fingerprint density at radius 2 is 2.16 bits per heavy atom. The van der Waals surface area contributed by atoms with Crippen molar-refractivity contribution in [2.45, 2.75) is 18.9 Å². The van der Waals surface area contributed by atoms with E-state index in [-0.39, 0.29) is 6.04 Å². The van der Waals surface area contributed by atoms with Gasteiger partial charge in [-0.05, 0) is 48.2 Å². The van der Waals surface area contributed by atoms with Gasteiger partial charge in [-0.1, -0.05) is 23.7 Å². The minimum atomic E-state index is 0.118. The Bertz CT molecular complexity index is 504. The third-order valence-electron chi connectivity index (χ3n) is 3.61. The van der Waals surface area contributed by atoms with Crippen LogP contribution in [0.2, 0.25) is 5.02 Å². The average molecular weight is 278 g/mol. The first kappa shape index (κ1) is 12.6. The maximum Gasteiger partial charge on any atom is 0.162 e. The van der Waals surface area contributed by atoms with E-state index in [0.29, 0.717) is 5.92 Å². The van der Waals surface area contributed by atoms with Crippen LogP contribution in [0.4, 0.5) is 0 Å². The fraction of sp³-hybridized carbons (Fsp3) is 0.462. The third kappa shape index (κ3) is 2.77. The summed E-state index contributed by atoms with van der Waals surface area (Å²) in [6.45, 7) is 2.07. The highest BCUT2D eigenvalue weighted by molar-refractivity contribution is 6.30. The van der Waals surface area contributed by atoms with Crippen molar-refractivity contribution in [2.75, 3.05) is 13.1 Å². The normalized spacial score (nSPS) is 21.2. The van der Waals surface area contributed by atoms with Crippen molar-refractivity contribution in [1.82, 2.24) is 25.5 Å². The molecule has 0 saturated carbocycles. The zero-order valence-electron chi connectivity index (χ0n) is 10.5. The molecule has 1 aliphatic rings. The number of hydrogen-bond donors (Lipinski definition) is 1. The molecule has 2 atom stereocenters. The summed E-state index contributed by atoms with van der Waals surface area (Å²) in [5.74, 6) is 0.476. The molecule has 1 aliphatic heterocycles. The number of hydrogen-bond acceptors (Lipinski definition) is 4. The van der Waals surface area contributed by atoms with Gasteiger partial charge in [0.05, 0.1) is 0 Å². The summed E-state index contributed by atoms with van der Waals surface area (Å²) < 4.78 is 0. The summed E-state index contributed by atoms with van der Waals surface area (Å²) >= 11 is 5.96. The lowest BCUT2D eigenvalue weighted by molar-refractivity contribution is 0.261. The van der Waals surface area contributed by atoms with E-state index < -0.39 is 0 Å². The summed E-state index contributed by atoms with van der Waals surface area (Å²) in [4.78, 5) is 1.71. The zero-order valence-corrected chi connectivity index (χ0v) is 11.3. The number of nitrogens with one attached hydrogen (secondary N) is 1. The van der Waals surface area contributed by atoms with Gasteiger partial charge in [-0.3, -0.25) is 0 Å². The number of benzene rings is 1. The quantitative estimate of drug-likeness (QED) is 0.931. The van der Waals surface area contributed by atoms with Gasteiger partial charge >= 0.3 is 0 Å². The minimum absolute atomic E-state index is 0.118. The van der Waals surface area contributed by atoms with Crippen LogP contribution in [0.15, 0.2) is 30.6 Å². The van der Waals surface area contributed by atoms with Gasteiger partial charge < -0.3 is 5.32 Å². The maximum atomic E-state index is 5.96. The molecule has 0 aliphatic carbocycles. The molecule has 0 unspecified atom stereocenters. The Kier molecular flexibility index (Phi) is 3.75. The van der Waals surface area contributed by atoms with Gasteiger partial charge in [-0.15, -0.1) is 10.2 Å². The molecule has 0 spiro atoms. The van der Waals surface area contributed by atoms with Crippen molar-refractivity contribution >= 4 is 11.6 Å². The first-order valence-electron chi connectivity index (χ1n) is 6.53. The van der Waals surface area contributed by atoms with E-state index in [1.54, 1.807) is 4.80 Å². The standard InChI is InChI=1S/C13H16ClN5/c14-12-5-3-10(4-6-12)13(19-17-9-16-18-19)11-2-1-7-15-8-11/h3-6,9,11,13,15H,1-2,7-8H2/t11-,13-/m1/s1. The zero-order chi connectivity index (χ0) is 13.1. The molecule has 3 rings (SSSR count). The molecule has 2 aromatic rings. The van der Waals surface area contributed by atoms with Gasteiger partial charge in [0.25, 0.3) is 0 Å². The summed E-state index contributed by atoms with van der Waals surface area (Å²) in [6.07, 6.45) is 3.84. The Morgan fingerprint density at radius 3 is 2.79 bits per heavy atom. The van der Waals surface area contributed by atoms with Crippen LogP contribution >= 0.6 is 11.6 Å². The van der Waals surface area contributed by atoms with Crippen molar-refractivity contribution in [2.24, 2.45) is 5.92 Å². The highest BCUT2D eigenvalue weighted by Gasteiger charge is 2.28. The molecule has 0 radical (unpaired) electrons. The molecule has 5 nitrogen and oxygen atoms in total. The lowest BCUT2D eigenvalue weighted by Crippen LogP contribution is -2.36. The predicted octanol–water partition coefficient (Wildman–Crippen LogP) is 1.92. The molecular weight excluding hydrogens is 262 g/mol. The van der Waals surface area contributed by atoms with Crippen LogP contribution in [-0.2, 0) is 0 Å². The molecule has 1 aromatic heterocycles. The number of tetrazole rings is 1. The van der Waals surface area contributed by atoms with Crippen LogP contribution in [0, 0.1) is 5.92 Å². The SMILES string of the molecule is Clc1ccc([C@H]([C@@H]2CCCNC2)n2ncnn2)cc1. The van der Waals surface area contributed by atoms with Crippen molar-refractivity contribution in [3.63, 3.8) is 0 Å². The van der Waals surface area contributed by atoms with Gasteiger partial charge in [-0.25, -0.2) is 0 Å². The van der Waals surface area contributed by atoms with E-state index in [0.717, 1.165) is 18.1 Å². The monoisotopic (exact) mass is 277 g/mol. The van der Waals surface area contributed by atoms with E-state index in [2.05, 4.69) is 20.7 Å². The van der Waals surface area contributed by atoms with Crippen molar-refractivity contribution in [3.05, 3.63) is 41.2 Å². The van der Waals surface area contributed by atoms with E-state index >= 15 is 0 Å². The topological polar surface area (TPSA) is 55.6 Å². The largest absolute Gasteiger partial charge is 0.316 e. The molecule has 1 saturated heterocycles. The van der Waals surface area contributed by atoms with Gasteiger partial charge in [0.1, 0.15) is 6.04 Å². The first-order valence-corrected chi connectivity index (χ1v) is 6.91. The van der Waals surface area contributed by atoms with Crippen molar-refractivity contribution in [3.8, 4) is 0 Å². The molecule has 1 N–H and O–H groups in total. The average Bonchev–Trinajstić information content (AvgIpc) is 2.96. The molecule has 1 aromatic carbocycles. The Hall–Kier alpha value is -1.46. The van der Waals surface area contributed by atoms with Crippen LogP contribution in [0.1, 0.15) is 24.4 Å². The van der Waals surface area contributed by atoms with E-state index in [1.165, 1.54) is 24.7 Å². The summed E-state index contributed by atoms with van der Waals surface area (Å²) in [6, 6.07) is 8.04. The number of piperidine rings is 1. The first-order chi connectivity index (χ1) is 9.34. The second kappa shape index (κ2) is 5.67. The summed E-state index contributed by atoms with van der Waals surface area (Å²) in [7, 11) is 0. The lowest BCUT2D eigenvalue weighted by Gasteiger charge is -2.30. The molecule has 6 heteroatoms. The van der Waals surface area contributed by atoms with Crippen LogP contribution in [-0.4, -0.2) is 33.3 Å². The van der Waals surface area contributed by atoms with E-state index in [1.807, 2.05) is 24.3 Å². The molecule has 19 heavy (non-hydrogen) atoms. The van der Waals surface area contributed by atoms with Crippen LogP contribution in [0.5, 0.6) is 0 Å². The van der Waals surface area contributed by atoms with Crippen molar-refractivity contribution in [1.29, 1.82) is 0 Å². The second-order valence-electron chi connectivity index (χ2n) is 4.86. The second-order valence-corrected chi connectivity index (χ2v) is 5.30. The van der Waals surface area contributed by atoms with Gasteiger partial charge in [0.2, 0.25) is 0 Å². The van der Waals surface area contributed by atoms with E-state index in [4.69, 9.17) is 11.6 Å². The molecule has 0 bridgehead atoms. The Labute approximate surface area is 117 Å². The van der Waals surface area contributed by atoms with E-state index in [9.17, 15) is 0 Å². The predicted molar refractivity (Wildman–Crippen MR) is 73.0 cm³/mol. The fourth-order valence-electron chi connectivity index (χ4n) is 2.70. The number of nitrogens with zero attached hydrogens (tertiary/aromatic N) is 4. The van der Waals surface area contributed by atoms with Gasteiger partial charge in [0.15, 0.2) is 6.33 Å². The number of aromatic nitrogens is 4. The molecule has 100 valence electrons. The van der Waals surface area contributed by atoms with Gasteiger partial charge in [-0.2, -0.15) is 4.80 Å². The maximum absolute atomic E-state index is 5.96. The molecule has 2 heterocycles. The molecule has 0 amide bonds. The highest BCUT2D eigenvalue weighted by atomic mass is 35.5. The lowest BCUT2D eigenvalue weighted by atomic mass is 9.87. The summed E-state index contributed by atoms with van der Waals surface area (Å²) in [5, 5.41) is 16.3. The highest BCUT2D eigenvalue weighted by Crippen LogP contribution is 2.30. The van der Waals surface area contributed by atoms with Crippen LogP contribution in [0.3, 0.4) is 0 Å². The van der Waals surface area contributed by atoms with Crippen LogP contribution < -0.4 is 5.32 Å². The Morgan fingerprint density at radius 1 is 1.32 bits per heavy atom.